The summed E-state index contributed by atoms with van der Waals surface area (Å²) in [4.78, 5) is 8.59. The summed E-state index contributed by atoms with van der Waals surface area (Å²) in [5, 5.41) is 5.30. The Hall–Kier alpha value is -3.32. The van der Waals surface area contributed by atoms with Gasteiger partial charge in [-0.05, 0) is 18.2 Å². The van der Waals surface area contributed by atoms with Crippen LogP contribution in [0.5, 0.6) is 23.1 Å². The van der Waals surface area contributed by atoms with Gasteiger partial charge in [0.15, 0.2) is 11.5 Å². The van der Waals surface area contributed by atoms with Crippen LogP contribution in [0.1, 0.15) is 26.5 Å². The first-order valence-corrected chi connectivity index (χ1v) is 9.99. The highest BCUT2D eigenvalue weighted by Gasteiger charge is 2.21. The standard InChI is InChI=1S/C23H22ClN3O4/c1-23(2,3)21-11-16(27-31-21)13-6-7-15(24)18(8-13)30-22-14-9-19(28-4)20(29-5)10-17(14)25-12-26-22/h6-12H,1-5H3. The first kappa shape index (κ1) is 20.9. The van der Waals surface area contributed by atoms with Crippen molar-refractivity contribution >= 4 is 22.5 Å². The lowest BCUT2D eigenvalue weighted by molar-refractivity contribution is 0.330. The van der Waals surface area contributed by atoms with Gasteiger partial charge >= 0.3 is 0 Å². The summed E-state index contributed by atoms with van der Waals surface area (Å²) in [6.45, 7) is 6.20. The zero-order valence-electron chi connectivity index (χ0n) is 17.9. The molecular weight excluding hydrogens is 418 g/mol. The average Bonchev–Trinajstić information content (AvgIpc) is 3.25. The fraction of sp³-hybridized carbons (Fsp3) is 0.261. The van der Waals surface area contributed by atoms with Gasteiger partial charge in [-0.3, -0.25) is 0 Å². The van der Waals surface area contributed by atoms with Crippen LogP contribution in [0.2, 0.25) is 5.02 Å². The van der Waals surface area contributed by atoms with Gasteiger partial charge in [0, 0.05) is 23.1 Å². The van der Waals surface area contributed by atoms with E-state index in [-0.39, 0.29) is 5.41 Å². The molecule has 0 saturated carbocycles. The summed E-state index contributed by atoms with van der Waals surface area (Å²) in [6.07, 6.45) is 1.43. The summed E-state index contributed by atoms with van der Waals surface area (Å²) in [5.41, 5.74) is 2.03. The summed E-state index contributed by atoms with van der Waals surface area (Å²) in [7, 11) is 3.14. The SMILES string of the molecule is COc1cc2ncnc(Oc3cc(-c4cc(C(C)(C)C)on4)ccc3Cl)c2cc1OC. The summed E-state index contributed by atoms with van der Waals surface area (Å²) < 4.78 is 22.3. The van der Waals surface area contributed by atoms with Crippen LogP contribution < -0.4 is 14.2 Å². The fourth-order valence-corrected chi connectivity index (χ4v) is 3.21. The van der Waals surface area contributed by atoms with E-state index in [2.05, 4.69) is 35.9 Å². The maximum Gasteiger partial charge on any atom is 0.230 e. The molecule has 0 spiro atoms. The molecule has 0 aliphatic heterocycles. The van der Waals surface area contributed by atoms with Crippen molar-refractivity contribution < 1.29 is 18.7 Å². The van der Waals surface area contributed by atoms with Crippen molar-refractivity contribution in [2.75, 3.05) is 14.2 Å². The van der Waals surface area contributed by atoms with E-state index in [0.29, 0.717) is 44.7 Å². The minimum atomic E-state index is -0.142. The van der Waals surface area contributed by atoms with Gasteiger partial charge in [0.05, 0.1) is 30.1 Å². The maximum atomic E-state index is 6.41. The third-order valence-electron chi connectivity index (χ3n) is 4.79. The molecule has 0 fully saturated rings. The average molecular weight is 440 g/mol. The number of benzene rings is 2. The molecule has 0 aliphatic carbocycles. The lowest BCUT2D eigenvalue weighted by atomic mass is 9.93. The lowest BCUT2D eigenvalue weighted by Gasteiger charge is -2.12. The van der Waals surface area contributed by atoms with Gasteiger partial charge in [-0.1, -0.05) is 43.6 Å². The number of hydrogen-bond donors (Lipinski definition) is 0. The molecule has 31 heavy (non-hydrogen) atoms. The van der Waals surface area contributed by atoms with Crippen molar-refractivity contribution in [3.05, 3.63) is 53.5 Å². The van der Waals surface area contributed by atoms with E-state index in [9.17, 15) is 0 Å². The predicted molar refractivity (Wildman–Crippen MR) is 118 cm³/mol. The molecule has 0 saturated heterocycles. The molecule has 0 N–H and O–H groups in total. The number of rotatable bonds is 5. The van der Waals surface area contributed by atoms with Gasteiger partial charge in [-0.2, -0.15) is 0 Å². The van der Waals surface area contributed by atoms with Gasteiger partial charge in [0.25, 0.3) is 0 Å². The van der Waals surface area contributed by atoms with E-state index in [0.717, 1.165) is 11.3 Å². The third-order valence-corrected chi connectivity index (χ3v) is 5.10. The molecule has 4 rings (SSSR count). The molecule has 160 valence electrons. The summed E-state index contributed by atoms with van der Waals surface area (Å²) >= 11 is 6.41. The molecule has 8 heteroatoms. The molecule has 0 atom stereocenters. The van der Waals surface area contributed by atoms with Crippen molar-refractivity contribution in [1.82, 2.24) is 15.1 Å². The Morgan fingerprint density at radius 1 is 0.903 bits per heavy atom. The van der Waals surface area contributed by atoms with Crippen LogP contribution in [-0.4, -0.2) is 29.3 Å². The molecule has 7 nitrogen and oxygen atoms in total. The Morgan fingerprint density at radius 2 is 1.65 bits per heavy atom. The summed E-state index contributed by atoms with van der Waals surface area (Å²) in [5.74, 6) is 2.70. The smallest absolute Gasteiger partial charge is 0.230 e. The number of nitrogens with zero attached hydrogens (tertiary/aromatic N) is 3. The second-order valence-electron chi connectivity index (χ2n) is 7.98. The van der Waals surface area contributed by atoms with Crippen molar-refractivity contribution in [3.63, 3.8) is 0 Å². The third kappa shape index (κ3) is 4.14. The summed E-state index contributed by atoms with van der Waals surface area (Å²) in [6, 6.07) is 10.9. The largest absolute Gasteiger partial charge is 0.493 e. The molecule has 2 heterocycles. The van der Waals surface area contributed by atoms with Crippen LogP contribution in [0.4, 0.5) is 0 Å². The quantitative estimate of drug-likeness (QED) is 0.374. The van der Waals surface area contributed by atoms with E-state index in [4.69, 9.17) is 30.3 Å². The lowest BCUT2D eigenvalue weighted by Crippen LogP contribution is -2.09. The molecule has 4 aromatic rings. The number of ether oxygens (including phenoxy) is 3. The zero-order valence-corrected chi connectivity index (χ0v) is 18.6. The van der Waals surface area contributed by atoms with Gasteiger partial charge in [0.2, 0.25) is 5.88 Å². The minimum absolute atomic E-state index is 0.142. The van der Waals surface area contributed by atoms with Crippen LogP contribution >= 0.6 is 11.6 Å². The van der Waals surface area contributed by atoms with Crippen molar-refractivity contribution in [2.24, 2.45) is 0 Å². The van der Waals surface area contributed by atoms with Gasteiger partial charge in [0.1, 0.15) is 23.5 Å². The minimum Gasteiger partial charge on any atom is -0.493 e. The van der Waals surface area contributed by atoms with E-state index in [1.807, 2.05) is 12.1 Å². The predicted octanol–water partition coefficient (Wildman–Crippen LogP) is 6.05. The van der Waals surface area contributed by atoms with Crippen molar-refractivity contribution in [3.8, 4) is 34.4 Å². The molecule has 0 bridgehead atoms. The zero-order chi connectivity index (χ0) is 22.2. The highest BCUT2D eigenvalue weighted by Crippen LogP contribution is 2.38. The topological polar surface area (TPSA) is 79.5 Å². The number of methoxy groups -OCH3 is 2. The van der Waals surface area contributed by atoms with Gasteiger partial charge in [-0.15, -0.1) is 0 Å². The highest BCUT2D eigenvalue weighted by molar-refractivity contribution is 6.32. The van der Waals surface area contributed by atoms with Crippen LogP contribution in [0.3, 0.4) is 0 Å². The Morgan fingerprint density at radius 3 is 2.32 bits per heavy atom. The Bertz CT molecular complexity index is 1250. The molecule has 2 aromatic carbocycles. The second-order valence-corrected chi connectivity index (χ2v) is 8.38. The molecule has 2 aromatic heterocycles. The highest BCUT2D eigenvalue weighted by atomic mass is 35.5. The number of fused-ring (bicyclic) bond motifs is 1. The normalized spacial score (nSPS) is 11.5. The first-order valence-electron chi connectivity index (χ1n) is 9.62. The van der Waals surface area contributed by atoms with Crippen molar-refractivity contribution in [1.29, 1.82) is 0 Å². The molecule has 0 aliphatic rings. The van der Waals surface area contributed by atoms with E-state index >= 15 is 0 Å². The second kappa shape index (κ2) is 8.07. The Kier molecular flexibility index (Phi) is 5.45. The van der Waals surface area contributed by atoms with E-state index < -0.39 is 0 Å². The van der Waals surface area contributed by atoms with Crippen LogP contribution in [0.15, 0.2) is 47.2 Å². The van der Waals surface area contributed by atoms with Gasteiger partial charge < -0.3 is 18.7 Å². The molecular formula is C23H22ClN3O4. The Labute approximate surface area is 184 Å². The number of hydrogen-bond acceptors (Lipinski definition) is 7. The van der Waals surface area contributed by atoms with Crippen molar-refractivity contribution in [2.45, 2.75) is 26.2 Å². The maximum absolute atomic E-state index is 6.41. The molecule has 0 amide bonds. The van der Waals surface area contributed by atoms with Crippen LogP contribution in [-0.2, 0) is 5.41 Å². The van der Waals surface area contributed by atoms with E-state index in [1.165, 1.54) is 6.33 Å². The monoisotopic (exact) mass is 439 g/mol. The number of aromatic nitrogens is 3. The Balaban J connectivity index is 1.74. The first-order chi connectivity index (χ1) is 14.8. The molecule has 0 unspecified atom stereocenters. The molecule has 0 radical (unpaired) electrons. The van der Waals surface area contributed by atoms with Crippen LogP contribution in [0.25, 0.3) is 22.2 Å². The number of halogens is 1. The fourth-order valence-electron chi connectivity index (χ4n) is 3.05. The van der Waals surface area contributed by atoms with E-state index in [1.54, 1.807) is 38.5 Å². The van der Waals surface area contributed by atoms with Crippen LogP contribution in [0, 0.1) is 0 Å². The van der Waals surface area contributed by atoms with Gasteiger partial charge in [-0.25, -0.2) is 9.97 Å².